The maximum Gasteiger partial charge on any atom is 0.123 e. The summed E-state index contributed by atoms with van der Waals surface area (Å²) in [5.74, 6) is -0.236. The highest BCUT2D eigenvalue weighted by molar-refractivity contribution is 5.67. The first-order chi connectivity index (χ1) is 7.70. The van der Waals surface area contributed by atoms with E-state index in [1.165, 1.54) is 12.1 Å². The van der Waals surface area contributed by atoms with E-state index in [-0.39, 0.29) is 12.4 Å². The molecule has 2 rings (SSSR count). The Morgan fingerprint density at radius 3 is 2.38 bits per heavy atom. The minimum Gasteiger partial charge on any atom is -0.392 e. The summed E-state index contributed by atoms with van der Waals surface area (Å²) in [4.78, 5) is 0. The van der Waals surface area contributed by atoms with Crippen molar-refractivity contribution in [3.8, 4) is 11.1 Å². The van der Waals surface area contributed by atoms with Crippen LogP contribution in [0.5, 0.6) is 0 Å². The van der Waals surface area contributed by atoms with Gasteiger partial charge in [-0.15, -0.1) is 0 Å². The molecule has 2 aromatic carbocycles. The number of benzene rings is 2. The van der Waals surface area contributed by atoms with Crippen LogP contribution in [0.1, 0.15) is 11.1 Å². The van der Waals surface area contributed by atoms with Gasteiger partial charge in [-0.05, 0) is 47.4 Å². The van der Waals surface area contributed by atoms with E-state index < -0.39 is 0 Å². The minimum atomic E-state index is -0.236. The molecule has 0 aliphatic carbocycles. The Kier molecular flexibility index (Phi) is 3.02. The predicted octanol–water partition coefficient (Wildman–Crippen LogP) is 3.29. The summed E-state index contributed by atoms with van der Waals surface area (Å²) < 4.78 is 12.8. The summed E-state index contributed by atoms with van der Waals surface area (Å²) in [6.45, 7) is 2.02. The zero-order chi connectivity index (χ0) is 11.5. The Hall–Kier alpha value is -1.67. The first-order valence-corrected chi connectivity index (χ1v) is 5.17. The van der Waals surface area contributed by atoms with Crippen LogP contribution in [0.4, 0.5) is 4.39 Å². The minimum absolute atomic E-state index is 0.0223. The molecule has 0 fully saturated rings. The molecule has 0 heterocycles. The molecule has 0 aromatic heterocycles. The van der Waals surface area contributed by atoms with Gasteiger partial charge < -0.3 is 5.11 Å². The van der Waals surface area contributed by atoms with Gasteiger partial charge in [-0.2, -0.15) is 0 Å². The third-order valence-corrected chi connectivity index (χ3v) is 2.64. The molecular weight excluding hydrogens is 203 g/mol. The molecule has 0 unspecified atom stereocenters. The van der Waals surface area contributed by atoms with E-state index in [0.29, 0.717) is 0 Å². The van der Waals surface area contributed by atoms with Crippen LogP contribution in [0.25, 0.3) is 11.1 Å². The van der Waals surface area contributed by atoms with Crippen molar-refractivity contribution in [2.24, 2.45) is 0 Å². The topological polar surface area (TPSA) is 20.2 Å². The van der Waals surface area contributed by atoms with Gasteiger partial charge in [0.15, 0.2) is 0 Å². The Bertz CT molecular complexity index is 489. The van der Waals surface area contributed by atoms with Crippen molar-refractivity contribution in [1.29, 1.82) is 0 Å². The van der Waals surface area contributed by atoms with Crippen LogP contribution in [0.2, 0.25) is 0 Å². The molecule has 2 heteroatoms. The van der Waals surface area contributed by atoms with E-state index in [0.717, 1.165) is 22.3 Å². The maximum absolute atomic E-state index is 12.8. The fraction of sp³-hybridized carbons (Fsp3) is 0.143. The van der Waals surface area contributed by atoms with Crippen LogP contribution in [-0.2, 0) is 6.61 Å². The Morgan fingerprint density at radius 1 is 1.06 bits per heavy atom. The van der Waals surface area contributed by atoms with Crippen molar-refractivity contribution >= 4 is 0 Å². The first-order valence-electron chi connectivity index (χ1n) is 5.17. The smallest absolute Gasteiger partial charge is 0.123 e. The lowest BCUT2D eigenvalue weighted by atomic mass is 9.98. The van der Waals surface area contributed by atoms with E-state index in [9.17, 15) is 4.39 Å². The third kappa shape index (κ3) is 2.12. The van der Waals surface area contributed by atoms with Crippen molar-refractivity contribution in [2.75, 3.05) is 0 Å². The number of hydrogen-bond acceptors (Lipinski definition) is 1. The van der Waals surface area contributed by atoms with Gasteiger partial charge in [0.05, 0.1) is 6.61 Å². The van der Waals surface area contributed by atoms with Gasteiger partial charge in [0, 0.05) is 0 Å². The zero-order valence-corrected chi connectivity index (χ0v) is 9.07. The van der Waals surface area contributed by atoms with Crippen LogP contribution in [0.15, 0.2) is 42.5 Å². The van der Waals surface area contributed by atoms with Crippen molar-refractivity contribution in [3.05, 3.63) is 59.4 Å². The molecule has 0 atom stereocenters. The van der Waals surface area contributed by atoms with Gasteiger partial charge in [0.25, 0.3) is 0 Å². The highest BCUT2D eigenvalue weighted by Gasteiger charge is 2.03. The summed E-state index contributed by atoms with van der Waals surface area (Å²) in [7, 11) is 0. The van der Waals surface area contributed by atoms with Gasteiger partial charge in [-0.3, -0.25) is 0 Å². The second-order valence-electron chi connectivity index (χ2n) is 3.81. The van der Waals surface area contributed by atoms with E-state index in [4.69, 9.17) is 5.11 Å². The van der Waals surface area contributed by atoms with E-state index in [1.54, 1.807) is 12.1 Å². The Balaban J connectivity index is 2.50. The first kappa shape index (κ1) is 10.8. The van der Waals surface area contributed by atoms with Gasteiger partial charge in [0.1, 0.15) is 5.82 Å². The molecule has 0 saturated carbocycles. The number of hydrogen-bond donors (Lipinski definition) is 1. The highest BCUT2D eigenvalue weighted by atomic mass is 19.1. The molecule has 16 heavy (non-hydrogen) atoms. The fourth-order valence-electron chi connectivity index (χ4n) is 1.71. The SMILES string of the molecule is Cc1ccc(CO)cc1-c1ccc(F)cc1. The standard InChI is InChI=1S/C14H13FO/c1-10-2-3-11(9-16)8-14(10)12-4-6-13(15)7-5-12/h2-8,16H,9H2,1H3. The lowest BCUT2D eigenvalue weighted by Crippen LogP contribution is -1.88. The lowest BCUT2D eigenvalue weighted by Gasteiger charge is -2.08. The zero-order valence-electron chi connectivity index (χ0n) is 9.07. The second-order valence-corrected chi connectivity index (χ2v) is 3.81. The molecule has 0 amide bonds. The lowest BCUT2D eigenvalue weighted by molar-refractivity contribution is 0.282. The molecule has 0 spiro atoms. The monoisotopic (exact) mass is 216 g/mol. The molecule has 0 bridgehead atoms. The molecule has 1 N–H and O–H groups in total. The van der Waals surface area contributed by atoms with Crippen LogP contribution in [-0.4, -0.2) is 5.11 Å². The summed E-state index contributed by atoms with van der Waals surface area (Å²) in [6.07, 6.45) is 0. The van der Waals surface area contributed by atoms with Gasteiger partial charge in [-0.25, -0.2) is 4.39 Å². The summed E-state index contributed by atoms with van der Waals surface area (Å²) in [5, 5.41) is 9.08. The average Bonchev–Trinajstić information content (AvgIpc) is 2.31. The molecular formula is C14H13FO. The number of rotatable bonds is 2. The van der Waals surface area contributed by atoms with Crippen molar-refractivity contribution in [3.63, 3.8) is 0 Å². The number of aliphatic hydroxyl groups excluding tert-OH is 1. The quantitative estimate of drug-likeness (QED) is 0.816. The van der Waals surface area contributed by atoms with Gasteiger partial charge in [-0.1, -0.05) is 24.3 Å². The molecule has 1 nitrogen and oxygen atoms in total. The van der Waals surface area contributed by atoms with Gasteiger partial charge >= 0.3 is 0 Å². The molecule has 0 aliphatic rings. The normalized spacial score (nSPS) is 10.4. The molecule has 0 saturated heterocycles. The summed E-state index contributed by atoms with van der Waals surface area (Å²) >= 11 is 0. The number of aliphatic hydroxyl groups is 1. The van der Waals surface area contributed by atoms with Crippen molar-refractivity contribution in [2.45, 2.75) is 13.5 Å². The Labute approximate surface area is 94.2 Å². The molecule has 0 aliphatic heterocycles. The highest BCUT2D eigenvalue weighted by Crippen LogP contribution is 2.24. The largest absolute Gasteiger partial charge is 0.392 e. The van der Waals surface area contributed by atoms with E-state index in [1.807, 2.05) is 25.1 Å². The van der Waals surface area contributed by atoms with Gasteiger partial charge in [0.2, 0.25) is 0 Å². The van der Waals surface area contributed by atoms with Crippen LogP contribution >= 0.6 is 0 Å². The predicted molar refractivity (Wildman–Crippen MR) is 62.5 cm³/mol. The van der Waals surface area contributed by atoms with E-state index in [2.05, 4.69) is 0 Å². The Morgan fingerprint density at radius 2 is 1.75 bits per heavy atom. The van der Waals surface area contributed by atoms with Crippen LogP contribution in [0.3, 0.4) is 0 Å². The summed E-state index contributed by atoms with van der Waals surface area (Å²) in [6, 6.07) is 12.2. The summed E-state index contributed by atoms with van der Waals surface area (Å²) in [5.41, 5.74) is 3.98. The van der Waals surface area contributed by atoms with E-state index >= 15 is 0 Å². The third-order valence-electron chi connectivity index (χ3n) is 2.64. The van der Waals surface area contributed by atoms with Crippen molar-refractivity contribution < 1.29 is 9.50 Å². The average molecular weight is 216 g/mol. The second kappa shape index (κ2) is 4.45. The fourth-order valence-corrected chi connectivity index (χ4v) is 1.71. The maximum atomic E-state index is 12.8. The van der Waals surface area contributed by atoms with Crippen LogP contribution < -0.4 is 0 Å². The van der Waals surface area contributed by atoms with Crippen LogP contribution in [0, 0.1) is 12.7 Å². The molecule has 82 valence electrons. The van der Waals surface area contributed by atoms with Crippen molar-refractivity contribution in [1.82, 2.24) is 0 Å². The molecule has 0 radical (unpaired) electrons. The number of halogens is 1. The molecule has 2 aromatic rings. The number of aryl methyl sites for hydroxylation is 1.